The van der Waals surface area contributed by atoms with Crippen molar-refractivity contribution in [3.05, 3.63) is 23.8 Å². The second kappa shape index (κ2) is 9.82. The van der Waals surface area contributed by atoms with Gasteiger partial charge in [-0.1, -0.05) is 0 Å². The number of aliphatic carboxylic acids is 5. The maximum atomic E-state index is 10.2. The van der Waals surface area contributed by atoms with Gasteiger partial charge in [-0.25, -0.2) is 19.2 Å². The number of carboxylic acids is 5. The third-order valence-corrected chi connectivity index (χ3v) is 1.28. The molecule has 10 nitrogen and oxygen atoms in total. The van der Waals surface area contributed by atoms with Gasteiger partial charge in [0.1, 0.15) is 0 Å². The van der Waals surface area contributed by atoms with Crippen LogP contribution in [0.15, 0.2) is 23.8 Å². The predicted octanol–water partition coefficient (Wildman–Crippen LogP) is -0.732. The Morgan fingerprint density at radius 2 is 1.10 bits per heavy atom. The van der Waals surface area contributed by atoms with Gasteiger partial charge in [0.15, 0.2) is 0 Å². The van der Waals surface area contributed by atoms with Crippen LogP contribution in [0.3, 0.4) is 0 Å². The van der Waals surface area contributed by atoms with E-state index in [2.05, 4.69) is 0 Å². The lowest BCUT2D eigenvalue weighted by atomic mass is 10.2. The van der Waals surface area contributed by atoms with Crippen molar-refractivity contribution in [2.75, 3.05) is 0 Å². The molecule has 0 rings (SSSR count). The fourth-order valence-electron chi connectivity index (χ4n) is 0.643. The molecular formula is C10H10O10. The molecule has 0 unspecified atom stereocenters. The van der Waals surface area contributed by atoms with Crippen LogP contribution in [-0.2, 0) is 24.0 Å². The molecule has 0 spiro atoms. The van der Waals surface area contributed by atoms with Crippen molar-refractivity contribution >= 4 is 29.8 Å². The van der Waals surface area contributed by atoms with Crippen molar-refractivity contribution in [1.29, 1.82) is 0 Å². The van der Waals surface area contributed by atoms with E-state index in [-0.39, 0.29) is 0 Å². The minimum atomic E-state index is -1.54. The third-order valence-electron chi connectivity index (χ3n) is 1.28. The molecule has 0 aliphatic heterocycles. The van der Waals surface area contributed by atoms with E-state index in [9.17, 15) is 24.0 Å². The summed E-state index contributed by atoms with van der Waals surface area (Å²) in [6.45, 7) is 0. The second-order valence-electron chi connectivity index (χ2n) is 2.89. The van der Waals surface area contributed by atoms with E-state index in [0.717, 1.165) is 0 Å². The minimum Gasteiger partial charge on any atom is -0.481 e. The summed E-state index contributed by atoms with van der Waals surface area (Å²) in [5, 5.41) is 40.2. The van der Waals surface area contributed by atoms with E-state index >= 15 is 0 Å². The summed E-state index contributed by atoms with van der Waals surface area (Å²) in [5.74, 6) is -6.92. The molecular weight excluding hydrogens is 280 g/mol. The molecule has 0 bridgehead atoms. The normalized spacial score (nSPS) is 10.3. The van der Waals surface area contributed by atoms with Gasteiger partial charge in [0.25, 0.3) is 0 Å². The van der Waals surface area contributed by atoms with Crippen molar-refractivity contribution in [3.63, 3.8) is 0 Å². The van der Waals surface area contributed by atoms with Crippen molar-refractivity contribution in [2.24, 2.45) is 0 Å². The Bertz CT molecular complexity index is 454. The molecule has 0 heterocycles. The molecule has 0 atom stereocenters. The summed E-state index contributed by atoms with van der Waals surface area (Å²) in [7, 11) is 0. The Morgan fingerprint density at radius 3 is 1.30 bits per heavy atom. The number of carbonyl (C=O) groups is 5. The van der Waals surface area contributed by atoms with Crippen LogP contribution in [0.5, 0.6) is 0 Å². The van der Waals surface area contributed by atoms with Gasteiger partial charge in [-0.3, -0.25) is 4.79 Å². The van der Waals surface area contributed by atoms with Crippen molar-refractivity contribution in [1.82, 2.24) is 0 Å². The van der Waals surface area contributed by atoms with Crippen molar-refractivity contribution in [2.45, 2.75) is 6.42 Å². The van der Waals surface area contributed by atoms with E-state index in [4.69, 9.17) is 25.5 Å². The van der Waals surface area contributed by atoms with Crippen molar-refractivity contribution < 1.29 is 49.5 Å². The maximum Gasteiger partial charge on any atom is 0.332 e. The standard InChI is InChI=1S/C6H6O6.C4H4O4/c7-4(8)1-3(6(11)12)2-5(9)10;5-3(6)1-2-4(7)8/h1H,2H2,(H,7,8)(H,9,10)(H,11,12);1-2H,(H,5,6)(H,7,8)/b;2-1+. The minimum absolute atomic E-state index is 0.358. The topological polar surface area (TPSA) is 186 Å². The summed E-state index contributed by atoms with van der Waals surface area (Å²) in [4.78, 5) is 49.2. The monoisotopic (exact) mass is 290 g/mol. The van der Waals surface area contributed by atoms with Crippen LogP contribution in [0.25, 0.3) is 0 Å². The molecule has 5 N–H and O–H groups in total. The average molecular weight is 290 g/mol. The van der Waals surface area contributed by atoms with Gasteiger partial charge >= 0.3 is 29.8 Å². The summed E-state index contributed by atoms with van der Waals surface area (Å²) in [6, 6.07) is 0. The zero-order valence-electron chi connectivity index (χ0n) is 9.72. The smallest absolute Gasteiger partial charge is 0.332 e. The zero-order chi connectivity index (χ0) is 16.3. The fraction of sp³-hybridized carbons (Fsp3) is 0.100. The van der Waals surface area contributed by atoms with E-state index in [1.54, 1.807) is 0 Å². The van der Waals surface area contributed by atoms with Crippen LogP contribution < -0.4 is 0 Å². The molecule has 20 heavy (non-hydrogen) atoms. The SMILES string of the molecule is O=C(O)/C=C/C(=O)O.O=C(O)C=C(CC(=O)O)C(=O)O. The first-order valence-corrected chi connectivity index (χ1v) is 4.58. The number of hydrogen-bond acceptors (Lipinski definition) is 5. The van der Waals surface area contributed by atoms with Gasteiger partial charge in [0, 0.05) is 18.2 Å². The van der Waals surface area contributed by atoms with Gasteiger partial charge in [0.2, 0.25) is 0 Å². The quantitative estimate of drug-likeness (QED) is 0.390. The van der Waals surface area contributed by atoms with E-state index in [0.29, 0.717) is 18.2 Å². The molecule has 0 radical (unpaired) electrons. The molecule has 0 aliphatic rings. The third kappa shape index (κ3) is 14.8. The van der Waals surface area contributed by atoms with E-state index in [1.165, 1.54) is 0 Å². The van der Waals surface area contributed by atoms with E-state index < -0.39 is 41.8 Å². The lowest BCUT2D eigenvalue weighted by molar-refractivity contribution is -0.140. The van der Waals surface area contributed by atoms with Crippen LogP contribution >= 0.6 is 0 Å². The largest absolute Gasteiger partial charge is 0.481 e. The summed E-state index contributed by atoms with van der Waals surface area (Å²) >= 11 is 0. The molecule has 0 saturated carbocycles. The number of carboxylic acid groups (broad SMARTS) is 5. The average Bonchev–Trinajstić information content (AvgIpc) is 2.25. The Morgan fingerprint density at radius 1 is 0.700 bits per heavy atom. The Kier molecular flexibility index (Phi) is 9.41. The first kappa shape index (κ1) is 19.2. The van der Waals surface area contributed by atoms with Crippen LogP contribution in [0, 0.1) is 0 Å². The molecule has 0 aliphatic carbocycles. The van der Waals surface area contributed by atoms with Crippen LogP contribution in [0.4, 0.5) is 0 Å². The summed E-state index contributed by atoms with van der Waals surface area (Å²) in [6.07, 6.45) is 0.669. The first-order valence-electron chi connectivity index (χ1n) is 4.58. The second-order valence-corrected chi connectivity index (χ2v) is 2.89. The van der Waals surface area contributed by atoms with E-state index in [1.807, 2.05) is 0 Å². The maximum absolute atomic E-state index is 10.2. The van der Waals surface area contributed by atoms with Crippen LogP contribution in [0.2, 0.25) is 0 Å². The molecule has 10 heteroatoms. The zero-order valence-corrected chi connectivity index (χ0v) is 9.72. The first-order chi connectivity index (χ1) is 9.06. The fourth-order valence-corrected chi connectivity index (χ4v) is 0.643. The molecule has 110 valence electrons. The highest BCUT2D eigenvalue weighted by molar-refractivity contribution is 5.98. The molecule has 0 saturated heterocycles. The Hall–Kier alpha value is -3.17. The molecule has 0 aromatic carbocycles. The summed E-state index contributed by atoms with van der Waals surface area (Å²) < 4.78 is 0. The van der Waals surface area contributed by atoms with Crippen molar-refractivity contribution in [3.8, 4) is 0 Å². The lowest BCUT2D eigenvalue weighted by Crippen LogP contribution is -2.08. The van der Waals surface area contributed by atoms with Gasteiger partial charge in [-0.05, 0) is 0 Å². The highest BCUT2D eigenvalue weighted by atomic mass is 16.4. The van der Waals surface area contributed by atoms with Gasteiger partial charge < -0.3 is 25.5 Å². The highest BCUT2D eigenvalue weighted by Gasteiger charge is 2.12. The molecule has 0 amide bonds. The predicted molar refractivity (Wildman–Crippen MR) is 60.0 cm³/mol. The lowest BCUT2D eigenvalue weighted by Gasteiger charge is -1.94. The summed E-state index contributed by atoms with van der Waals surface area (Å²) in [5.41, 5.74) is -0.657. The molecule has 0 aromatic rings. The van der Waals surface area contributed by atoms with Crippen LogP contribution in [0.1, 0.15) is 6.42 Å². The van der Waals surface area contributed by atoms with Crippen LogP contribution in [-0.4, -0.2) is 55.4 Å². The Labute approximate surface area is 110 Å². The highest BCUT2D eigenvalue weighted by Crippen LogP contribution is 2.00. The molecule has 0 aromatic heterocycles. The van der Waals surface area contributed by atoms with Gasteiger partial charge in [-0.2, -0.15) is 0 Å². The number of rotatable bonds is 6. The Balaban J connectivity index is 0. The molecule has 0 fully saturated rings. The number of hydrogen-bond donors (Lipinski definition) is 5. The van der Waals surface area contributed by atoms with Gasteiger partial charge in [0.05, 0.1) is 12.0 Å². The van der Waals surface area contributed by atoms with Gasteiger partial charge in [-0.15, -0.1) is 0 Å².